The van der Waals surface area contributed by atoms with Crippen LogP contribution in [0.2, 0.25) is 0 Å². The molecule has 3 atom stereocenters. The van der Waals surface area contributed by atoms with Crippen molar-refractivity contribution in [3.05, 3.63) is 71.8 Å². The summed E-state index contributed by atoms with van der Waals surface area (Å²) in [4.78, 5) is 5.98. The minimum atomic E-state index is -0.0395. The SMILES string of the molecule is CNC(C)[C@@H](ON[C@H](C)c1ccccc1)c1ccccc1. The number of hydrogen-bond donors (Lipinski definition) is 2. The van der Waals surface area contributed by atoms with Gasteiger partial charge in [-0.2, -0.15) is 5.48 Å². The second-order valence-corrected chi connectivity index (χ2v) is 5.28. The molecule has 0 spiro atoms. The fraction of sp³-hybridized carbons (Fsp3) is 0.333. The zero-order valence-corrected chi connectivity index (χ0v) is 12.9. The first kappa shape index (κ1) is 15.7. The lowest BCUT2D eigenvalue weighted by Gasteiger charge is -2.26. The standard InChI is InChI=1S/C18H24N2O/c1-14(16-10-6-4-7-11-16)20-21-18(15(2)19-3)17-12-8-5-9-13-17/h4-15,18-20H,1-3H3/t14-,15?,18-/m1/s1. The fourth-order valence-corrected chi connectivity index (χ4v) is 2.24. The molecule has 0 aliphatic carbocycles. The van der Waals surface area contributed by atoms with Crippen LogP contribution in [0.5, 0.6) is 0 Å². The van der Waals surface area contributed by atoms with Gasteiger partial charge in [-0.1, -0.05) is 60.7 Å². The maximum absolute atomic E-state index is 5.98. The van der Waals surface area contributed by atoms with Gasteiger partial charge in [-0.15, -0.1) is 0 Å². The molecule has 3 nitrogen and oxygen atoms in total. The normalized spacial score (nSPS) is 15.4. The van der Waals surface area contributed by atoms with E-state index < -0.39 is 0 Å². The molecule has 112 valence electrons. The van der Waals surface area contributed by atoms with E-state index in [2.05, 4.69) is 48.9 Å². The van der Waals surface area contributed by atoms with Crippen LogP contribution in [-0.2, 0) is 4.84 Å². The Hall–Kier alpha value is -1.68. The van der Waals surface area contributed by atoms with Crippen LogP contribution in [0.15, 0.2) is 60.7 Å². The molecule has 21 heavy (non-hydrogen) atoms. The Morgan fingerprint density at radius 1 is 0.810 bits per heavy atom. The van der Waals surface area contributed by atoms with Crippen LogP contribution >= 0.6 is 0 Å². The molecule has 0 saturated heterocycles. The van der Waals surface area contributed by atoms with Gasteiger partial charge in [0.1, 0.15) is 6.10 Å². The molecule has 1 unspecified atom stereocenters. The third kappa shape index (κ3) is 4.39. The first-order valence-electron chi connectivity index (χ1n) is 7.40. The summed E-state index contributed by atoms with van der Waals surface area (Å²) in [5, 5.41) is 3.26. The summed E-state index contributed by atoms with van der Waals surface area (Å²) in [6.45, 7) is 4.22. The first-order chi connectivity index (χ1) is 10.2. The van der Waals surface area contributed by atoms with Crippen molar-refractivity contribution in [2.45, 2.75) is 32.0 Å². The molecule has 0 fully saturated rings. The molecule has 0 radical (unpaired) electrons. The predicted octanol–water partition coefficient (Wildman–Crippen LogP) is 3.62. The second kappa shape index (κ2) is 7.93. The van der Waals surface area contributed by atoms with Gasteiger partial charge in [-0.25, -0.2) is 0 Å². The average Bonchev–Trinajstić information content (AvgIpc) is 2.56. The zero-order chi connectivity index (χ0) is 15.1. The summed E-state index contributed by atoms with van der Waals surface area (Å²) < 4.78 is 0. The Labute approximate surface area is 127 Å². The Bertz CT molecular complexity index is 515. The van der Waals surface area contributed by atoms with E-state index in [4.69, 9.17) is 4.84 Å². The number of nitrogens with one attached hydrogen (secondary N) is 2. The van der Waals surface area contributed by atoms with E-state index in [1.54, 1.807) is 0 Å². The highest BCUT2D eigenvalue weighted by Gasteiger charge is 2.20. The molecule has 2 aromatic carbocycles. The molecule has 0 bridgehead atoms. The van der Waals surface area contributed by atoms with Crippen molar-refractivity contribution in [2.75, 3.05) is 7.05 Å². The molecule has 2 rings (SSSR count). The van der Waals surface area contributed by atoms with Crippen LogP contribution in [0.1, 0.15) is 37.1 Å². The third-order valence-electron chi connectivity index (χ3n) is 3.71. The van der Waals surface area contributed by atoms with Gasteiger partial charge in [-0.3, -0.25) is 4.84 Å². The molecular formula is C18H24N2O. The highest BCUT2D eigenvalue weighted by molar-refractivity contribution is 5.20. The van der Waals surface area contributed by atoms with Gasteiger partial charge in [0.25, 0.3) is 0 Å². The maximum Gasteiger partial charge on any atom is 0.119 e. The number of hydrogen-bond acceptors (Lipinski definition) is 3. The van der Waals surface area contributed by atoms with E-state index in [1.807, 2.05) is 43.4 Å². The Balaban J connectivity index is 2.03. The summed E-state index contributed by atoms with van der Waals surface area (Å²) in [5.74, 6) is 0. The van der Waals surface area contributed by atoms with Crippen LogP contribution in [0.4, 0.5) is 0 Å². The number of benzene rings is 2. The van der Waals surface area contributed by atoms with Crippen molar-refractivity contribution >= 4 is 0 Å². The van der Waals surface area contributed by atoms with Gasteiger partial charge in [0.2, 0.25) is 0 Å². The average molecular weight is 284 g/mol. The van der Waals surface area contributed by atoms with Crippen molar-refractivity contribution in [2.24, 2.45) is 0 Å². The summed E-state index contributed by atoms with van der Waals surface area (Å²) >= 11 is 0. The first-order valence-corrected chi connectivity index (χ1v) is 7.40. The summed E-state index contributed by atoms with van der Waals surface area (Å²) in [6, 6.07) is 20.9. The lowest BCUT2D eigenvalue weighted by atomic mass is 10.0. The topological polar surface area (TPSA) is 33.3 Å². The van der Waals surface area contributed by atoms with Crippen molar-refractivity contribution < 1.29 is 4.84 Å². The lowest BCUT2D eigenvalue weighted by Crippen LogP contribution is -2.34. The van der Waals surface area contributed by atoms with Crippen molar-refractivity contribution in [1.82, 2.24) is 10.8 Å². The van der Waals surface area contributed by atoms with Gasteiger partial charge in [0, 0.05) is 6.04 Å². The monoisotopic (exact) mass is 284 g/mol. The van der Waals surface area contributed by atoms with E-state index in [0.717, 1.165) is 5.56 Å². The molecule has 0 aromatic heterocycles. The summed E-state index contributed by atoms with van der Waals surface area (Å²) in [7, 11) is 1.95. The second-order valence-electron chi connectivity index (χ2n) is 5.28. The molecule has 3 heteroatoms. The van der Waals surface area contributed by atoms with Crippen molar-refractivity contribution in [3.8, 4) is 0 Å². The van der Waals surface area contributed by atoms with Gasteiger partial charge in [0.05, 0.1) is 6.04 Å². The molecular weight excluding hydrogens is 260 g/mol. The van der Waals surface area contributed by atoms with E-state index >= 15 is 0 Å². The maximum atomic E-state index is 5.98. The Morgan fingerprint density at radius 3 is 1.86 bits per heavy atom. The van der Waals surface area contributed by atoms with Gasteiger partial charge < -0.3 is 5.32 Å². The number of hydroxylamine groups is 1. The fourth-order valence-electron chi connectivity index (χ4n) is 2.24. The number of rotatable bonds is 7. The predicted molar refractivity (Wildman–Crippen MR) is 86.8 cm³/mol. The number of likely N-dealkylation sites (N-methyl/N-ethyl adjacent to an activating group) is 1. The minimum Gasteiger partial charge on any atom is -0.314 e. The molecule has 0 aliphatic heterocycles. The van der Waals surface area contributed by atoms with Crippen LogP contribution in [0.3, 0.4) is 0 Å². The quantitative estimate of drug-likeness (QED) is 0.762. The Morgan fingerprint density at radius 2 is 1.33 bits per heavy atom. The Kier molecular flexibility index (Phi) is 5.93. The lowest BCUT2D eigenvalue weighted by molar-refractivity contribution is -0.0574. The van der Waals surface area contributed by atoms with Gasteiger partial charge >= 0.3 is 0 Å². The van der Waals surface area contributed by atoms with E-state index in [-0.39, 0.29) is 18.2 Å². The smallest absolute Gasteiger partial charge is 0.119 e. The highest BCUT2D eigenvalue weighted by atomic mass is 16.7. The third-order valence-corrected chi connectivity index (χ3v) is 3.71. The van der Waals surface area contributed by atoms with Gasteiger partial charge in [0.15, 0.2) is 0 Å². The largest absolute Gasteiger partial charge is 0.314 e. The molecule has 0 saturated carbocycles. The van der Waals surface area contributed by atoms with Crippen LogP contribution in [-0.4, -0.2) is 13.1 Å². The van der Waals surface area contributed by atoms with E-state index in [9.17, 15) is 0 Å². The van der Waals surface area contributed by atoms with Crippen LogP contribution < -0.4 is 10.8 Å². The van der Waals surface area contributed by atoms with Crippen molar-refractivity contribution in [1.29, 1.82) is 0 Å². The molecule has 2 N–H and O–H groups in total. The van der Waals surface area contributed by atoms with Crippen molar-refractivity contribution in [3.63, 3.8) is 0 Å². The summed E-state index contributed by atoms with van der Waals surface area (Å²) in [5.41, 5.74) is 5.54. The molecule has 2 aromatic rings. The van der Waals surface area contributed by atoms with Crippen LogP contribution in [0, 0.1) is 0 Å². The minimum absolute atomic E-state index is 0.0395. The zero-order valence-electron chi connectivity index (χ0n) is 12.9. The highest BCUT2D eigenvalue weighted by Crippen LogP contribution is 2.21. The van der Waals surface area contributed by atoms with E-state index in [1.165, 1.54) is 5.56 Å². The molecule has 0 aliphatic rings. The van der Waals surface area contributed by atoms with E-state index in [0.29, 0.717) is 0 Å². The molecule has 0 heterocycles. The summed E-state index contributed by atoms with van der Waals surface area (Å²) in [6.07, 6.45) is -0.0395. The molecule has 0 amide bonds. The van der Waals surface area contributed by atoms with Gasteiger partial charge in [-0.05, 0) is 32.0 Å². The van der Waals surface area contributed by atoms with Crippen LogP contribution in [0.25, 0.3) is 0 Å².